The maximum atomic E-state index is 5.92. The van der Waals surface area contributed by atoms with Crippen molar-refractivity contribution in [3.8, 4) is 11.4 Å². The van der Waals surface area contributed by atoms with E-state index in [4.69, 9.17) is 16.1 Å². The molecule has 0 amide bonds. The van der Waals surface area contributed by atoms with E-state index in [2.05, 4.69) is 44.2 Å². The summed E-state index contributed by atoms with van der Waals surface area (Å²) in [6, 6.07) is 7.75. The Morgan fingerprint density at radius 2 is 2.11 bits per heavy atom. The first-order chi connectivity index (χ1) is 13.7. The molecule has 8 heteroatoms. The average Bonchev–Trinajstić information content (AvgIpc) is 3.18. The van der Waals surface area contributed by atoms with Crippen molar-refractivity contribution in [2.24, 2.45) is 4.99 Å². The third-order valence-corrected chi connectivity index (χ3v) is 4.85. The van der Waals surface area contributed by atoms with E-state index >= 15 is 0 Å². The van der Waals surface area contributed by atoms with Gasteiger partial charge < -0.3 is 15.2 Å². The number of nitrogens with zero attached hydrogens (tertiary/aromatic N) is 4. The Balaban J connectivity index is 1.57. The summed E-state index contributed by atoms with van der Waals surface area (Å²) in [6.07, 6.45) is 4.13. The highest BCUT2D eigenvalue weighted by atomic mass is 35.5. The zero-order chi connectivity index (χ0) is 19.8. The van der Waals surface area contributed by atoms with Gasteiger partial charge in [0.1, 0.15) is 6.54 Å². The number of nitrogens with one attached hydrogen (secondary N) is 2. The molecule has 0 bridgehead atoms. The van der Waals surface area contributed by atoms with E-state index in [1.165, 1.54) is 0 Å². The minimum atomic E-state index is 0.325. The predicted molar refractivity (Wildman–Crippen MR) is 112 cm³/mol. The van der Waals surface area contributed by atoms with Gasteiger partial charge in [-0.05, 0) is 44.0 Å². The van der Waals surface area contributed by atoms with E-state index in [9.17, 15) is 0 Å². The molecule has 2 heterocycles. The minimum Gasteiger partial charge on any atom is -0.357 e. The smallest absolute Gasteiger partial charge is 0.248 e. The van der Waals surface area contributed by atoms with Crippen molar-refractivity contribution in [2.75, 3.05) is 26.2 Å². The summed E-state index contributed by atoms with van der Waals surface area (Å²) < 4.78 is 5.34. The molecule has 1 saturated heterocycles. The van der Waals surface area contributed by atoms with E-state index in [1.54, 1.807) is 12.1 Å². The van der Waals surface area contributed by atoms with Gasteiger partial charge in [-0.15, -0.1) is 6.58 Å². The average molecular weight is 403 g/mol. The first kappa shape index (κ1) is 20.4. The van der Waals surface area contributed by atoms with Gasteiger partial charge >= 0.3 is 0 Å². The molecule has 0 spiro atoms. The predicted octanol–water partition coefficient (Wildman–Crippen LogP) is 3.10. The molecular weight excluding hydrogens is 376 g/mol. The van der Waals surface area contributed by atoms with Gasteiger partial charge in [-0.3, -0.25) is 4.90 Å². The molecule has 2 aromatic rings. The molecule has 0 atom stereocenters. The van der Waals surface area contributed by atoms with Gasteiger partial charge in [-0.1, -0.05) is 22.8 Å². The molecule has 1 aromatic carbocycles. The molecule has 0 radical (unpaired) electrons. The Morgan fingerprint density at radius 1 is 1.36 bits per heavy atom. The lowest BCUT2D eigenvalue weighted by molar-refractivity contribution is 0.225. The maximum Gasteiger partial charge on any atom is 0.248 e. The summed E-state index contributed by atoms with van der Waals surface area (Å²) >= 11 is 5.92. The first-order valence-electron chi connectivity index (χ1n) is 9.64. The molecule has 1 aliphatic rings. The van der Waals surface area contributed by atoms with E-state index in [0.29, 0.717) is 29.3 Å². The van der Waals surface area contributed by atoms with Crippen molar-refractivity contribution < 1.29 is 4.52 Å². The topological polar surface area (TPSA) is 78.6 Å². The molecule has 1 aromatic heterocycles. The van der Waals surface area contributed by atoms with Gasteiger partial charge in [0.15, 0.2) is 5.96 Å². The van der Waals surface area contributed by atoms with Crippen LogP contribution in [-0.4, -0.2) is 53.2 Å². The molecular formula is C20H27ClN6O. The van der Waals surface area contributed by atoms with E-state index in [-0.39, 0.29) is 0 Å². The number of halogens is 1. The largest absolute Gasteiger partial charge is 0.357 e. The molecule has 3 rings (SSSR count). The fourth-order valence-corrected chi connectivity index (χ4v) is 3.26. The standard InChI is InChI=1S/C20H27ClN6O/c1-3-11-27-12-9-17(10-13-27)24-20(22-4-2)23-14-18-25-19(26-28-18)15-5-7-16(21)8-6-15/h3,5-8,17H,1,4,9-14H2,2H3,(H2,22,23,24). The van der Waals surface area contributed by atoms with Gasteiger partial charge in [0, 0.05) is 42.8 Å². The summed E-state index contributed by atoms with van der Waals surface area (Å²) in [5, 5.41) is 11.5. The van der Waals surface area contributed by atoms with Crippen molar-refractivity contribution in [1.82, 2.24) is 25.7 Å². The van der Waals surface area contributed by atoms with Gasteiger partial charge in [0.05, 0.1) is 0 Å². The second-order valence-electron chi connectivity index (χ2n) is 6.72. The van der Waals surface area contributed by atoms with Gasteiger partial charge in [0.2, 0.25) is 11.7 Å². The second-order valence-corrected chi connectivity index (χ2v) is 7.16. The minimum absolute atomic E-state index is 0.325. The molecule has 0 saturated carbocycles. The number of hydrogen-bond donors (Lipinski definition) is 2. The number of piperidine rings is 1. The third kappa shape index (κ3) is 5.81. The van der Waals surface area contributed by atoms with Crippen LogP contribution in [-0.2, 0) is 6.54 Å². The van der Waals surface area contributed by atoms with Crippen LogP contribution < -0.4 is 10.6 Å². The van der Waals surface area contributed by atoms with Crippen LogP contribution in [0.25, 0.3) is 11.4 Å². The maximum absolute atomic E-state index is 5.92. The number of hydrogen-bond acceptors (Lipinski definition) is 5. The Labute approximate surface area is 170 Å². The third-order valence-electron chi connectivity index (χ3n) is 4.60. The fraction of sp³-hybridized carbons (Fsp3) is 0.450. The molecule has 28 heavy (non-hydrogen) atoms. The monoisotopic (exact) mass is 402 g/mol. The number of aliphatic imine (C=N–C) groups is 1. The SMILES string of the molecule is C=CCN1CCC(NC(=NCc2nc(-c3ccc(Cl)cc3)no2)NCC)CC1. The number of aromatic nitrogens is 2. The number of benzene rings is 1. The first-order valence-corrected chi connectivity index (χ1v) is 10.0. The molecule has 1 aliphatic heterocycles. The van der Waals surface area contributed by atoms with Crippen molar-refractivity contribution >= 4 is 17.6 Å². The molecule has 0 aliphatic carbocycles. The van der Waals surface area contributed by atoms with Crippen LogP contribution >= 0.6 is 11.6 Å². The Bertz CT molecular complexity index is 780. The number of likely N-dealkylation sites (tertiary alicyclic amines) is 1. The molecule has 0 unspecified atom stereocenters. The Hall–Kier alpha value is -2.38. The lowest BCUT2D eigenvalue weighted by Crippen LogP contribution is -2.48. The molecule has 7 nitrogen and oxygen atoms in total. The van der Waals surface area contributed by atoms with Crippen molar-refractivity contribution in [1.29, 1.82) is 0 Å². The molecule has 2 N–H and O–H groups in total. The fourth-order valence-electron chi connectivity index (χ4n) is 3.14. The van der Waals surface area contributed by atoms with Crippen molar-refractivity contribution in [3.05, 3.63) is 47.8 Å². The van der Waals surface area contributed by atoms with Crippen LogP contribution in [0.1, 0.15) is 25.7 Å². The normalized spacial score (nSPS) is 16.1. The van der Waals surface area contributed by atoms with E-state index in [1.807, 2.05) is 18.2 Å². The van der Waals surface area contributed by atoms with Crippen molar-refractivity contribution in [2.45, 2.75) is 32.4 Å². The van der Waals surface area contributed by atoms with Gasteiger partial charge in [-0.25, -0.2) is 4.99 Å². The van der Waals surface area contributed by atoms with E-state index < -0.39 is 0 Å². The van der Waals surface area contributed by atoms with Crippen LogP contribution in [0.5, 0.6) is 0 Å². The van der Waals surface area contributed by atoms with Gasteiger partial charge in [-0.2, -0.15) is 4.98 Å². The van der Waals surface area contributed by atoms with Crippen molar-refractivity contribution in [3.63, 3.8) is 0 Å². The van der Waals surface area contributed by atoms with Crippen LogP contribution in [0.15, 0.2) is 46.4 Å². The van der Waals surface area contributed by atoms with Gasteiger partial charge in [0.25, 0.3) is 0 Å². The lowest BCUT2D eigenvalue weighted by atomic mass is 10.1. The summed E-state index contributed by atoms with van der Waals surface area (Å²) in [5.74, 6) is 1.79. The summed E-state index contributed by atoms with van der Waals surface area (Å²) in [6.45, 7) is 10.1. The highest BCUT2D eigenvalue weighted by molar-refractivity contribution is 6.30. The van der Waals surface area contributed by atoms with Crippen LogP contribution in [0, 0.1) is 0 Å². The number of guanidine groups is 1. The summed E-state index contributed by atoms with van der Waals surface area (Å²) in [4.78, 5) is 11.4. The Kier molecular flexibility index (Phi) is 7.45. The zero-order valence-electron chi connectivity index (χ0n) is 16.2. The number of rotatable bonds is 7. The van der Waals surface area contributed by atoms with Crippen LogP contribution in [0.3, 0.4) is 0 Å². The quantitative estimate of drug-likeness (QED) is 0.421. The van der Waals surface area contributed by atoms with E-state index in [0.717, 1.165) is 50.5 Å². The highest BCUT2D eigenvalue weighted by Crippen LogP contribution is 2.18. The van der Waals surface area contributed by atoms with Crippen LogP contribution in [0.2, 0.25) is 5.02 Å². The van der Waals surface area contributed by atoms with Crippen LogP contribution in [0.4, 0.5) is 0 Å². The lowest BCUT2D eigenvalue weighted by Gasteiger charge is -2.32. The zero-order valence-corrected chi connectivity index (χ0v) is 17.0. The molecule has 150 valence electrons. The second kappa shape index (κ2) is 10.2. The Morgan fingerprint density at radius 3 is 2.79 bits per heavy atom. The summed E-state index contributed by atoms with van der Waals surface area (Å²) in [7, 11) is 0. The molecule has 1 fully saturated rings. The highest BCUT2D eigenvalue weighted by Gasteiger charge is 2.19. The summed E-state index contributed by atoms with van der Waals surface area (Å²) in [5.41, 5.74) is 0.861.